The van der Waals surface area contributed by atoms with Gasteiger partial charge < -0.3 is 19.6 Å². The van der Waals surface area contributed by atoms with Gasteiger partial charge in [-0.2, -0.15) is 5.48 Å². The largest absolute Gasteiger partial charge is 0.439 e. The molecular weight excluding hydrogens is 472 g/mol. The van der Waals surface area contributed by atoms with Crippen molar-refractivity contribution in [2.75, 3.05) is 11.9 Å². The fraction of sp³-hybridized carbons (Fsp3) is 0.176. The van der Waals surface area contributed by atoms with Crippen LogP contribution in [0.25, 0.3) is 11.0 Å². The summed E-state index contributed by atoms with van der Waals surface area (Å²) in [6.07, 6.45) is 1.29. The van der Waals surface area contributed by atoms with Crippen LogP contribution in [0, 0.1) is 9.39 Å². The number of nitrogens with one attached hydrogen (secondary N) is 2. The fourth-order valence-electron chi connectivity index (χ4n) is 2.16. The van der Waals surface area contributed by atoms with Crippen LogP contribution in [0.5, 0.6) is 5.95 Å². The molecule has 27 heavy (non-hydrogen) atoms. The van der Waals surface area contributed by atoms with Crippen LogP contribution in [-0.4, -0.2) is 28.9 Å². The Morgan fingerprint density at radius 1 is 1.44 bits per heavy atom. The van der Waals surface area contributed by atoms with Crippen molar-refractivity contribution < 1.29 is 28.3 Å². The Labute approximate surface area is 166 Å². The molecule has 0 unspecified atom stereocenters. The summed E-state index contributed by atoms with van der Waals surface area (Å²) in [6, 6.07) is 6.23. The Balaban J connectivity index is 1.86. The van der Waals surface area contributed by atoms with E-state index in [0.29, 0.717) is 11.0 Å². The van der Waals surface area contributed by atoms with Gasteiger partial charge in [-0.25, -0.2) is 9.18 Å². The lowest BCUT2D eigenvalue weighted by Crippen LogP contribution is -2.29. The number of rotatable bonds is 6. The number of aliphatic hydroxyl groups is 1. The summed E-state index contributed by atoms with van der Waals surface area (Å²) in [4.78, 5) is 20.7. The maximum absolute atomic E-state index is 14.2. The zero-order valence-electron chi connectivity index (χ0n) is 14.0. The Morgan fingerprint density at radius 2 is 2.26 bits per heavy atom. The topological polar surface area (TPSA) is 106 Å². The van der Waals surface area contributed by atoms with E-state index in [1.165, 1.54) is 25.4 Å². The van der Waals surface area contributed by atoms with Crippen molar-refractivity contribution in [3.63, 3.8) is 0 Å². The molecule has 3 rings (SSSR count). The van der Waals surface area contributed by atoms with E-state index in [2.05, 4.69) is 10.3 Å². The number of pyridine rings is 1. The summed E-state index contributed by atoms with van der Waals surface area (Å²) in [7, 11) is 0. The first-order valence-electron chi connectivity index (χ1n) is 7.80. The normalized spacial score (nSPS) is 12.0. The molecule has 0 aliphatic rings. The number of carbonyl (C=O) groups is 1. The number of hydrogen-bond acceptors (Lipinski definition) is 7. The minimum absolute atomic E-state index is 0.113. The Kier molecular flexibility index (Phi) is 6.08. The highest BCUT2D eigenvalue weighted by atomic mass is 127. The van der Waals surface area contributed by atoms with E-state index in [-0.39, 0.29) is 23.9 Å². The van der Waals surface area contributed by atoms with Crippen LogP contribution in [0.3, 0.4) is 0 Å². The third-order valence-corrected chi connectivity index (χ3v) is 3.98. The number of hydrogen-bond donors (Lipinski definition) is 3. The molecule has 0 bridgehead atoms. The quantitative estimate of drug-likeness (QED) is 0.360. The lowest BCUT2D eigenvalue weighted by atomic mass is 10.2. The van der Waals surface area contributed by atoms with Gasteiger partial charge >= 0.3 is 12.0 Å². The molecule has 3 N–H and O–H groups in total. The summed E-state index contributed by atoms with van der Waals surface area (Å²) in [5.41, 5.74) is 2.83. The Morgan fingerprint density at radius 3 is 3.00 bits per heavy atom. The summed E-state index contributed by atoms with van der Waals surface area (Å²) in [6.45, 7) is 1.38. The van der Waals surface area contributed by atoms with Crippen LogP contribution >= 0.6 is 22.6 Å². The van der Waals surface area contributed by atoms with E-state index < -0.39 is 18.0 Å². The van der Waals surface area contributed by atoms with E-state index >= 15 is 0 Å². The molecule has 0 saturated heterocycles. The van der Waals surface area contributed by atoms with Gasteiger partial charge in [-0.1, -0.05) is 0 Å². The van der Waals surface area contributed by atoms with Gasteiger partial charge in [-0.05, 0) is 53.8 Å². The average Bonchev–Trinajstić information content (AvgIpc) is 2.94. The van der Waals surface area contributed by atoms with E-state index in [0.717, 1.165) is 3.57 Å². The van der Waals surface area contributed by atoms with E-state index in [4.69, 9.17) is 19.1 Å². The molecule has 1 atom stereocenters. The number of hydroxylamine groups is 1. The molecule has 8 nitrogen and oxygen atoms in total. The highest BCUT2D eigenvalue weighted by Gasteiger charge is 2.20. The van der Waals surface area contributed by atoms with Gasteiger partial charge in [0, 0.05) is 16.0 Å². The summed E-state index contributed by atoms with van der Waals surface area (Å²) >= 11 is 2.00. The molecule has 0 spiro atoms. The molecule has 2 aromatic heterocycles. The first-order chi connectivity index (χ1) is 12.9. The van der Waals surface area contributed by atoms with Crippen LogP contribution in [-0.2, 0) is 4.84 Å². The number of ether oxygens (including phenoxy) is 1. The van der Waals surface area contributed by atoms with Crippen LogP contribution in [0.15, 0.2) is 41.1 Å². The number of benzene rings is 1. The van der Waals surface area contributed by atoms with Gasteiger partial charge in [-0.15, -0.1) is 0 Å². The van der Waals surface area contributed by atoms with Crippen LogP contribution in [0.1, 0.15) is 6.92 Å². The van der Waals surface area contributed by atoms with Gasteiger partial charge in [0.1, 0.15) is 23.7 Å². The molecule has 3 aromatic rings. The molecule has 0 fully saturated rings. The summed E-state index contributed by atoms with van der Waals surface area (Å²) in [5.74, 6) is -0.662. The second-order valence-corrected chi connectivity index (χ2v) is 6.78. The van der Waals surface area contributed by atoms with Gasteiger partial charge in [-0.3, -0.25) is 9.82 Å². The van der Waals surface area contributed by atoms with Gasteiger partial charge in [0.2, 0.25) is 0 Å². The van der Waals surface area contributed by atoms with Crippen molar-refractivity contribution >= 4 is 51.0 Å². The number of nitrogens with zero attached hydrogens (tertiary/aromatic N) is 1. The molecule has 0 saturated carbocycles. The van der Waals surface area contributed by atoms with Crippen LogP contribution in [0.4, 0.5) is 20.6 Å². The second kappa shape index (κ2) is 8.50. The second-order valence-electron chi connectivity index (χ2n) is 5.54. The zero-order chi connectivity index (χ0) is 19.4. The number of aliphatic hydroxyl groups excluding tert-OH is 1. The number of furan rings is 1. The molecule has 0 aliphatic heterocycles. The van der Waals surface area contributed by atoms with Gasteiger partial charge in [0.25, 0.3) is 0 Å². The average molecular weight is 487 g/mol. The highest BCUT2D eigenvalue weighted by molar-refractivity contribution is 14.1. The van der Waals surface area contributed by atoms with Crippen molar-refractivity contribution in [3.05, 3.63) is 46.0 Å². The maximum atomic E-state index is 14.2. The minimum atomic E-state index is -0.964. The summed E-state index contributed by atoms with van der Waals surface area (Å²) in [5, 5.41) is 12.5. The van der Waals surface area contributed by atoms with Crippen molar-refractivity contribution in [1.82, 2.24) is 10.5 Å². The Bertz CT molecular complexity index is 963. The first-order valence-corrected chi connectivity index (χ1v) is 8.88. The zero-order valence-corrected chi connectivity index (χ0v) is 16.2. The molecule has 1 amide bonds. The minimum Gasteiger partial charge on any atom is -0.424 e. The maximum Gasteiger partial charge on any atom is 0.439 e. The predicted molar refractivity (Wildman–Crippen MR) is 103 cm³/mol. The number of aromatic nitrogens is 1. The lowest BCUT2D eigenvalue weighted by Gasteiger charge is -2.10. The number of amides is 1. The monoisotopic (exact) mass is 487 g/mol. The van der Waals surface area contributed by atoms with Crippen molar-refractivity contribution in [3.8, 4) is 5.95 Å². The standard InChI is InChI=1S/C17H15FIN3O5/c1-9(23)8-25-22-17(24)27-16-15(11-7-20-5-4-14(11)26-16)21-13-3-2-10(19)6-12(13)18/h2-7,9,21,23H,8H2,1H3,(H,22,24)/t9-/m1/s1. The molecule has 1 aromatic carbocycles. The molecule has 2 heterocycles. The lowest BCUT2D eigenvalue weighted by molar-refractivity contribution is -0.00534. The molecule has 0 aliphatic carbocycles. The molecule has 10 heteroatoms. The molecule has 142 valence electrons. The smallest absolute Gasteiger partial charge is 0.424 e. The van der Waals surface area contributed by atoms with Gasteiger partial charge in [0.05, 0.1) is 17.2 Å². The number of anilines is 2. The van der Waals surface area contributed by atoms with Gasteiger partial charge in [0.15, 0.2) is 0 Å². The fourth-order valence-corrected chi connectivity index (χ4v) is 2.61. The predicted octanol–water partition coefficient (Wildman–Crippen LogP) is 3.72. The summed E-state index contributed by atoms with van der Waals surface area (Å²) < 4.78 is 25.6. The number of fused-ring (bicyclic) bond motifs is 1. The Hall–Kier alpha value is -2.44. The molecular formula is C17H15FIN3O5. The molecule has 0 radical (unpaired) electrons. The first kappa shape index (κ1) is 19.3. The van der Waals surface area contributed by atoms with E-state index in [9.17, 15) is 9.18 Å². The van der Waals surface area contributed by atoms with Crippen molar-refractivity contribution in [1.29, 1.82) is 0 Å². The number of halogens is 2. The SMILES string of the molecule is C[C@@H](O)CONC(=O)Oc1oc2ccncc2c1Nc1ccc(I)cc1F. The third kappa shape index (κ3) is 4.84. The van der Waals surface area contributed by atoms with Crippen LogP contribution in [0.2, 0.25) is 0 Å². The number of carbonyl (C=O) groups excluding carboxylic acids is 1. The third-order valence-electron chi connectivity index (χ3n) is 3.31. The van der Waals surface area contributed by atoms with Crippen molar-refractivity contribution in [2.24, 2.45) is 0 Å². The highest BCUT2D eigenvalue weighted by Crippen LogP contribution is 2.39. The van der Waals surface area contributed by atoms with E-state index in [1.807, 2.05) is 28.1 Å². The van der Waals surface area contributed by atoms with Crippen molar-refractivity contribution in [2.45, 2.75) is 13.0 Å². The van der Waals surface area contributed by atoms with Crippen LogP contribution < -0.4 is 15.5 Å². The van der Waals surface area contributed by atoms with E-state index in [1.54, 1.807) is 18.2 Å².